The molecule has 1 aromatic heterocycles. The summed E-state index contributed by atoms with van der Waals surface area (Å²) < 4.78 is 15.7. The molecule has 7 nitrogen and oxygen atoms in total. The molecular weight excluding hydrogens is 322 g/mol. The van der Waals surface area contributed by atoms with E-state index in [4.69, 9.17) is 14.2 Å². The van der Waals surface area contributed by atoms with Crippen LogP contribution in [0.15, 0.2) is 18.5 Å². The first-order valence-electron chi connectivity index (χ1n) is 8.43. The first-order valence-corrected chi connectivity index (χ1v) is 8.43. The van der Waals surface area contributed by atoms with Crippen molar-refractivity contribution in [1.29, 1.82) is 0 Å². The molecule has 1 aliphatic heterocycles. The van der Waals surface area contributed by atoms with Crippen molar-refractivity contribution in [2.24, 2.45) is 5.92 Å². The van der Waals surface area contributed by atoms with Crippen LogP contribution in [0.3, 0.4) is 0 Å². The Morgan fingerprint density at radius 3 is 2.60 bits per heavy atom. The standard InChI is InChI=1S/C18H23N3O4/c1-4-25-17(22)6-5-12-9-21(10-12)18-13-7-15(23-2)16(24-3)8-14(13)19-11-20-18/h7-8,11-12H,4-6,9-10H2,1-3H3. The van der Waals surface area contributed by atoms with Crippen LogP contribution in [0.1, 0.15) is 19.8 Å². The molecule has 1 saturated heterocycles. The van der Waals surface area contributed by atoms with Crippen molar-refractivity contribution in [3.63, 3.8) is 0 Å². The molecule has 134 valence electrons. The monoisotopic (exact) mass is 345 g/mol. The first kappa shape index (κ1) is 17.3. The summed E-state index contributed by atoms with van der Waals surface area (Å²) >= 11 is 0. The van der Waals surface area contributed by atoms with Gasteiger partial charge in [-0.05, 0) is 25.3 Å². The molecular formula is C18H23N3O4. The van der Waals surface area contributed by atoms with Crippen molar-refractivity contribution >= 4 is 22.7 Å². The van der Waals surface area contributed by atoms with Crippen molar-refractivity contribution in [2.45, 2.75) is 19.8 Å². The Labute approximate surface area is 146 Å². The fraction of sp³-hybridized carbons (Fsp3) is 0.500. The highest BCUT2D eigenvalue weighted by molar-refractivity contribution is 5.92. The summed E-state index contributed by atoms with van der Waals surface area (Å²) in [7, 11) is 3.22. The van der Waals surface area contributed by atoms with Gasteiger partial charge in [0, 0.05) is 31.0 Å². The second kappa shape index (κ2) is 7.55. The van der Waals surface area contributed by atoms with E-state index in [2.05, 4.69) is 14.9 Å². The lowest BCUT2D eigenvalue weighted by molar-refractivity contribution is -0.143. The Balaban J connectivity index is 1.71. The maximum absolute atomic E-state index is 11.5. The molecule has 7 heteroatoms. The van der Waals surface area contributed by atoms with E-state index in [-0.39, 0.29) is 5.97 Å². The van der Waals surface area contributed by atoms with Gasteiger partial charge in [0.2, 0.25) is 0 Å². The molecule has 0 unspecified atom stereocenters. The highest BCUT2D eigenvalue weighted by Gasteiger charge is 2.29. The highest BCUT2D eigenvalue weighted by atomic mass is 16.5. The molecule has 0 atom stereocenters. The molecule has 0 bridgehead atoms. The number of aromatic nitrogens is 2. The molecule has 2 aromatic rings. The molecule has 2 heterocycles. The summed E-state index contributed by atoms with van der Waals surface area (Å²) in [6.45, 7) is 4.01. The van der Waals surface area contributed by atoms with E-state index in [1.807, 2.05) is 19.1 Å². The molecule has 25 heavy (non-hydrogen) atoms. The summed E-state index contributed by atoms with van der Waals surface area (Å²) in [6.07, 6.45) is 2.88. The number of hydrogen-bond donors (Lipinski definition) is 0. The van der Waals surface area contributed by atoms with Crippen LogP contribution in [-0.4, -0.2) is 49.9 Å². The smallest absolute Gasteiger partial charge is 0.305 e. The van der Waals surface area contributed by atoms with E-state index in [9.17, 15) is 4.79 Å². The Kier molecular flexibility index (Phi) is 5.21. The van der Waals surface area contributed by atoms with E-state index in [0.717, 1.165) is 36.2 Å². The van der Waals surface area contributed by atoms with Gasteiger partial charge >= 0.3 is 5.97 Å². The third-order valence-electron chi connectivity index (χ3n) is 4.44. The molecule has 0 radical (unpaired) electrons. The average molecular weight is 345 g/mol. The number of fused-ring (bicyclic) bond motifs is 1. The SMILES string of the molecule is CCOC(=O)CCC1CN(c2ncnc3cc(OC)c(OC)cc23)C1. The minimum Gasteiger partial charge on any atom is -0.493 e. The fourth-order valence-corrected chi connectivity index (χ4v) is 3.10. The average Bonchev–Trinajstić information content (AvgIpc) is 2.59. The third-order valence-corrected chi connectivity index (χ3v) is 4.44. The van der Waals surface area contributed by atoms with Crippen molar-refractivity contribution in [1.82, 2.24) is 9.97 Å². The summed E-state index contributed by atoms with van der Waals surface area (Å²) in [6, 6.07) is 3.77. The largest absolute Gasteiger partial charge is 0.493 e. The number of rotatable bonds is 7. The molecule has 0 saturated carbocycles. The normalized spacial score (nSPS) is 14.3. The Bertz CT molecular complexity index is 759. The van der Waals surface area contributed by atoms with Gasteiger partial charge in [0.1, 0.15) is 12.1 Å². The number of benzene rings is 1. The highest BCUT2D eigenvalue weighted by Crippen LogP contribution is 2.36. The number of ether oxygens (including phenoxy) is 3. The van der Waals surface area contributed by atoms with Gasteiger partial charge in [-0.15, -0.1) is 0 Å². The van der Waals surface area contributed by atoms with Gasteiger partial charge in [-0.3, -0.25) is 4.79 Å². The Morgan fingerprint density at radius 2 is 1.92 bits per heavy atom. The zero-order chi connectivity index (χ0) is 17.8. The third kappa shape index (κ3) is 3.60. The van der Waals surface area contributed by atoms with Gasteiger partial charge in [0.05, 0.1) is 26.3 Å². The Morgan fingerprint density at radius 1 is 1.20 bits per heavy atom. The Hall–Kier alpha value is -2.57. The van der Waals surface area contributed by atoms with Crippen LogP contribution in [0.5, 0.6) is 11.5 Å². The molecule has 0 amide bonds. The van der Waals surface area contributed by atoms with Crippen LogP contribution in [0.4, 0.5) is 5.82 Å². The number of methoxy groups -OCH3 is 2. The lowest BCUT2D eigenvalue weighted by Gasteiger charge is -2.40. The van der Waals surface area contributed by atoms with Crippen molar-refractivity contribution in [3.05, 3.63) is 18.5 Å². The summed E-state index contributed by atoms with van der Waals surface area (Å²) in [4.78, 5) is 22.4. The van der Waals surface area contributed by atoms with Gasteiger partial charge in [-0.1, -0.05) is 0 Å². The van der Waals surface area contributed by atoms with Crippen molar-refractivity contribution in [2.75, 3.05) is 38.8 Å². The number of esters is 1. The van der Waals surface area contributed by atoms with Crippen LogP contribution in [0.25, 0.3) is 10.9 Å². The second-order valence-corrected chi connectivity index (χ2v) is 6.04. The van der Waals surface area contributed by atoms with Gasteiger partial charge < -0.3 is 19.1 Å². The van der Waals surface area contributed by atoms with Crippen LogP contribution in [0.2, 0.25) is 0 Å². The van der Waals surface area contributed by atoms with Crippen LogP contribution in [0, 0.1) is 5.92 Å². The maximum atomic E-state index is 11.5. The zero-order valence-corrected chi connectivity index (χ0v) is 14.8. The van der Waals surface area contributed by atoms with Crippen LogP contribution in [-0.2, 0) is 9.53 Å². The predicted octanol–water partition coefficient (Wildman–Crippen LogP) is 2.43. The van der Waals surface area contributed by atoms with Crippen LogP contribution >= 0.6 is 0 Å². The number of carbonyl (C=O) groups excluding carboxylic acids is 1. The molecule has 0 spiro atoms. The number of carbonyl (C=O) groups is 1. The quantitative estimate of drug-likeness (QED) is 0.714. The summed E-state index contributed by atoms with van der Waals surface area (Å²) in [5.41, 5.74) is 0.817. The second-order valence-electron chi connectivity index (χ2n) is 6.04. The maximum Gasteiger partial charge on any atom is 0.305 e. The zero-order valence-electron chi connectivity index (χ0n) is 14.8. The number of anilines is 1. The van der Waals surface area contributed by atoms with Gasteiger partial charge in [-0.25, -0.2) is 9.97 Å². The summed E-state index contributed by atoms with van der Waals surface area (Å²) in [5.74, 6) is 2.55. The lowest BCUT2D eigenvalue weighted by atomic mass is 9.94. The van der Waals surface area contributed by atoms with E-state index < -0.39 is 0 Å². The van der Waals surface area contributed by atoms with E-state index in [1.54, 1.807) is 20.5 Å². The van der Waals surface area contributed by atoms with Gasteiger partial charge in [0.15, 0.2) is 11.5 Å². The molecule has 0 aliphatic carbocycles. The minimum atomic E-state index is -0.120. The van der Waals surface area contributed by atoms with E-state index in [0.29, 0.717) is 30.4 Å². The van der Waals surface area contributed by atoms with Gasteiger partial charge in [-0.2, -0.15) is 0 Å². The van der Waals surface area contributed by atoms with E-state index >= 15 is 0 Å². The number of hydrogen-bond acceptors (Lipinski definition) is 7. The molecule has 1 fully saturated rings. The molecule has 3 rings (SSSR count). The minimum absolute atomic E-state index is 0.120. The van der Waals surface area contributed by atoms with Crippen molar-refractivity contribution < 1.29 is 19.0 Å². The van der Waals surface area contributed by atoms with Crippen molar-refractivity contribution in [3.8, 4) is 11.5 Å². The topological polar surface area (TPSA) is 73.8 Å². The molecule has 1 aliphatic rings. The first-order chi connectivity index (χ1) is 12.2. The van der Waals surface area contributed by atoms with Crippen LogP contribution < -0.4 is 14.4 Å². The fourth-order valence-electron chi connectivity index (χ4n) is 3.10. The molecule has 1 aromatic carbocycles. The predicted molar refractivity (Wildman–Crippen MR) is 94.2 cm³/mol. The molecule has 0 N–H and O–H groups in total. The van der Waals surface area contributed by atoms with E-state index in [1.165, 1.54) is 0 Å². The summed E-state index contributed by atoms with van der Waals surface area (Å²) in [5, 5.41) is 0.934. The number of nitrogens with zero attached hydrogens (tertiary/aromatic N) is 3. The van der Waals surface area contributed by atoms with Gasteiger partial charge in [0.25, 0.3) is 0 Å². The lowest BCUT2D eigenvalue weighted by Crippen LogP contribution is -2.47.